The molecule has 2 fully saturated rings. The summed E-state index contributed by atoms with van der Waals surface area (Å²) in [7, 11) is 1.52. The van der Waals surface area contributed by atoms with Crippen LogP contribution < -0.4 is 15.4 Å². The quantitative estimate of drug-likeness (QED) is 0.342. The molecule has 2 aromatic rings. The lowest BCUT2D eigenvalue weighted by atomic mass is 9.98. The van der Waals surface area contributed by atoms with E-state index >= 15 is 0 Å². The van der Waals surface area contributed by atoms with Crippen LogP contribution in [0.15, 0.2) is 42.5 Å². The Bertz CT molecular complexity index is 1310. The summed E-state index contributed by atoms with van der Waals surface area (Å²) in [5.41, 5.74) is 1.13. The minimum Gasteiger partial charge on any atom is -0.497 e. The lowest BCUT2D eigenvalue weighted by molar-refractivity contribution is -0.122. The molecule has 0 radical (unpaired) electrons. The van der Waals surface area contributed by atoms with E-state index in [1.54, 1.807) is 24.3 Å². The van der Waals surface area contributed by atoms with Gasteiger partial charge in [-0.25, -0.2) is 4.79 Å². The average molecular weight is 503 g/mol. The monoisotopic (exact) mass is 502 g/mol. The third-order valence-electron chi connectivity index (χ3n) is 6.81. The van der Waals surface area contributed by atoms with Crippen molar-refractivity contribution in [1.29, 1.82) is 0 Å². The molecule has 0 bridgehead atoms. The minimum absolute atomic E-state index is 0.115. The molecular weight excluding hydrogens is 476 g/mol. The number of carbonyl (C=O) groups excluding carboxylic acids is 4. The summed E-state index contributed by atoms with van der Waals surface area (Å²) in [5.74, 6) is 5.55. The van der Waals surface area contributed by atoms with Crippen LogP contribution in [-0.2, 0) is 20.9 Å². The van der Waals surface area contributed by atoms with Crippen LogP contribution in [0.3, 0.4) is 0 Å². The van der Waals surface area contributed by atoms with Crippen LogP contribution >= 0.6 is 0 Å². The molecule has 190 valence electrons. The summed E-state index contributed by atoms with van der Waals surface area (Å²) < 4.78 is 10.6. The van der Waals surface area contributed by atoms with Gasteiger partial charge in [0.05, 0.1) is 32.9 Å². The topological polar surface area (TPSA) is 117 Å². The predicted octanol–water partition coefficient (Wildman–Crippen LogP) is 0.853. The molecule has 3 aliphatic rings. The van der Waals surface area contributed by atoms with Crippen LogP contribution in [-0.4, -0.2) is 79.4 Å². The number of hydrogen-bond acceptors (Lipinski definition) is 7. The zero-order chi connectivity index (χ0) is 26.0. The van der Waals surface area contributed by atoms with Crippen LogP contribution in [0.2, 0.25) is 0 Å². The maximum Gasteiger partial charge on any atom is 0.323 e. The molecule has 10 heteroatoms. The van der Waals surface area contributed by atoms with Crippen molar-refractivity contribution in [3.05, 3.63) is 64.7 Å². The predicted molar refractivity (Wildman–Crippen MR) is 132 cm³/mol. The maximum atomic E-state index is 13.1. The largest absolute Gasteiger partial charge is 0.497 e. The van der Waals surface area contributed by atoms with Gasteiger partial charge in [0.25, 0.3) is 11.8 Å². The van der Waals surface area contributed by atoms with Gasteiger partial charge in [-0.15, -0.1) is 0 Å². The van der Waals surface area contributed by atoms with Crippen molar-refractivity contribution in [3.8, 4) is 17.6 Å². The number of ether oxygens (including phenoxy) is 2. The number of nitrogens with one attached hydrogen (secondary N) is 2. The number of nitrogens with zero attached hydrogens (tertiary/aromatic N) is 2. The summed E-state index contributed by atoms with van der Waals surface area (Å²) >= 11 is 0. The molecule has 2 atom stereocenters. The Morgan fingerprint density at radius 1 is 1.14 bits per heavy atom. The SMILES string of the molecule is COc1ccc2c(c1)C(=O)N(CC1(C#Cc3ccc(C(C=O)N4CCOCC4)cc3)NC(=O)NC1=O)C2. The van der Waals surface area contributed by atoms with Crippen molar-refractivity contribution >= 4 is 24.1 Å². The molecule has 0 saturated carbocycles. The molecule has 0 spiro atoms. The van der Waals surface area contributed by atoms with Gasteiger partial charge < -0.3 is 24.5 Å². The number of rotatable bonds is 6. The lowest BCUT2D eigenvalue weighted by Gasteiger charge is -2.31. The van der Waals surface area contributed by atoms with Crippen molar-refractivity contribution in [2.75, 3.05) is 40.0 Å². The number of carbonyl (C=O) groups is 4. The van der Waals surface area contributed by atoms with Crippen LogP contribution in [0.4, 0.5) is 4.79 Å². The van der Waals surface area contributed by atoms with E-state index in [1.165, 1.54) is 12.0 Å². The fourth-order valence-electron chi connectivity index (χ4n) is 4.79. The summed E-state index contributed by atoms with van der Waals surface area (Å²) in [6.45, 7) is 2.69. The number of aldehydes is 1. The van der Waals surface area contributed by atoms with Crippen LogP contribution in [0.5, 0.6) is 5.75 Å². The zero-order valence-electron chi connectivity index (χ0n) is 20.3. The molecule has 2 aromatic carbocycles. The molecule has 0 aliphatic carbocycles. The Labute approximate surface area is 213 Å². The fraction of sp³-hybridized carbons (Fsp3) is 0.333. The Morgan fingerprint density at radius 3 is 2.54 bits per heavy atom. The Morgan fingerprint density at radius 2 is 1.89 bits per heavy atom. The highest BCUT2D eigenvalue weighted by atomic mass is 16.5. The second kappa shape index (κ2) is 10.0. The lowest BCUT2D eigenvalue weighted by Crippen LogP contribution is -2.54. The second-order valence-electron chi connectivity index (χ2n) is 9.10. The summed E-state index contributed by atoms with van der Waals surface area (Å²) in [6.07, 6.45) is 0.917. The molecule has 2 unspecified atom stereocenters. The van der Waals surface area contributed by atoms with E-state index in [0.29, 0.717) is 43.2 Å². The number of amides is 4. The van der Waals surface area contributed by atoms with Crippen molar-refractivity contribution < 1.29 is 28.7 Å². The second-order valence-corrected chi connectivity index (χ2v) is 9.10. The molecule has 0 aromatic heterocycles. The highest BCUT2D eigenvalue weighted by Crippen LogP contribution is 2.28. The first-order valence-electron chi connectivity index (χ1n) is 11.9. The number of benzene rings is 2. The average Bonchev–Trinajstić information content (AvgIpc) is 3.38. The van der Waals surface area contributed by atoms with Crippen molar-refractivity contribution in [3.63, 3.8) is 0 Å². The molecule has 4 amide bonds. The van der Waals surface area contributed by atoms with Gasteiger partial charge in [-0.1, -0.05) is 30.0 Å². The molecule has 10 nitrogen and oxygen atoms in total. The number of fused-ring (bicyclic) bond motifs is 1. The first kappa shape index (κ1) is 24.5. The first-order chi connectivity index (χ1) is 17.9. The van der Waals surface area contributed by atoms with Crippen molar-refractivity contribution in [2.45, 2.75) is 18.1 Å². The molecule has 2 N–H and O–H groups in total. The van der Waals surface area contributed by atoms with E-state index in [9.17, 15) is 19.2 Å². The maximum absolute atomic E-state index is 13.1. The van der Waals surface area contributed by atoms with E-state index in [1.807, 2.05) is 18.2 Å². The van der Waals surface area contributed by atoms with Gasteiger partial charge in [0.2, 0.25) is 5.54 Å². The molecular formula is C27H26N4O6. The number of urea groups is 1. The molecule has 3 heterocycles. The summed E-state index contributed by atoms with van der Waals surface area (Å²) in [5, 5.41) is 4.85. The van der Waals surface area contributed by atoms with Gasteiger partial charge in [0.1, 0.15) is 12.0 Å². The third-order valence-corrected chi connectivity index (χ3v) is 6.81. The molecule has 3 aliphatic heterocycles. The van der Waals surface area contributed by atoms with E-state index < -0.39 is 17.5 Å². The minimum atomic E-state index is -1.60. The Hall–Kier alpha value is -4.20. The Kier molecular flexibility index (Phi) is 6.65. The highest BCUT2D eigenvalue weighted by Gasteiger charge is 2.48. The van der Waals surface area contributed by atoms with Gasteiger partial charge in [-0.2, -0.15) is 0 Å². The van der Waals surface area contributed by atoms with Gasteiger partial charge >= 0.3 is 6.03 Å². The number of hydrogen-bond donors (Lipinski definition) is 2. The number of imide groups is 1. The molecule has 37 heavy (non-hydrogen) atoms. The zero-order valence-corrected chi connectivity index (χ0v) is 20.3. The fourth-order valence-corrected chi connectivity index (χ4v) is 4.79. The van der Waals surface area contributed by atoms with Crippen LogP contribution in [0, 0.1) is 11.8 Å². The third kappa shape index (κ3) is 4.79. The van der Waals surface area contributed by atoms with Gasteiger partial charge in [-0.3, -0.25) is 19.8 Å². The summed E-state index contributed by atoms with van der Waals surface area (Å²) in [6, 6.07) is 11.4. The smallest absolute Gasteiger partial charge is 0.323 e. The molecule has 2 saturated heterocycles. The van der Waals surface area contributed by atoms with Gasteiger partial charge in [0, 0.05) is 30.8 Å². The van der Waals surface area contributed by atoms with Crippen molar-refractivity contribution in [1.82, 2.24) is 20.4 Å². The van der Waals surface area contributed by atoms with Crippen LogP contribution in [0.1, 0.15) is 33.1 Å². The normalized spacial score (nSPS) is 22.0. The highest BCUT2D eigenvalue weighted by molar-refractivity contribution is 6.10. The van der Waals surface area contributed by atoms with Crippen LogP contribution in [0.25, 0.3) is 0 Å². The van der Waals surface area contributed by atoms with E-state index in [-0.39, 0.29) is 25.0 Å². The van der Waals surface area contributed by atoms with E-state index in [0.717, 1.165) is 17.4 Å². The van der Waals surface area contributed by atoms with Gasteiger partial charge in [-0.05, 0) is 35.4 Å². The van der Waals surface area contributed by atoms with Gasteiger partial charge in [0.15, 0.2) is 0 Å². The first-order valence-corrected chi connectivity index (χ1v) is 11.9. The number of morpholine rings is 1. The number of methoxy groups -OCH3 is 1. The van der Waals surface area contributed by atoms with E-state index in [4.69, 9.17) is 9.47 Å². The Balaban J connectivity index is 1.37. The molecule has 5 rings (SSSR count). The standard InChI is InChI=1S/C27H26N4O6/c1-36-21-7-6-20-15-31(24(33)22(20)14-21)17-27(25(34)28-26(35)29-27)9-8-18-2-4-19(5-3-18)23(16-32)30-10-12-37-13-11-30/h2-7,14,16,23H,10-13,15,17H2,1H3,(H2,28,29,34,35). The van der Waals surface area contributed by atoms with E-state index in [2.05, 4.69) is 27.4 Å². The summed E-state index contributed by atoms with van der Waals surface area (Å²) in [4.78, 5) is 53.3. The van der Waals surface area contributed by atoms with Crippen molar-refractivity contribution in [2.24, 2.45) is 0 Å².